The van der Waals surface area contributed by atoms with E-state index in [-0.39, 0.29) is 38.4 Å². The second-order valence-corrected chi connectivity index (χ2v) is 5.77. The first-order valence-corrected chi connectivity index (χ1v) is 8.38. The Hall–Kier alpha value is -2.52. The molecule has 1 saturated heterocycles. The molecule has 1 unspecified atom stereocenters. The smallest absolute Gasteiger partial charge is 0.325 e. The molecule has 1 amide bonds. The summed E-state index contributed by atoms with van der Waals surface area (Å²) in [7, 11) is 1.51. The van der Waals surface area contributed by atoms with Gasteiger partial charge in [-0.05, 0) is 6.92 Å². The van der Waals surface area contributed by atoms with Crippen molar-refractivity contribution in [1.29, 1.82) is 0 Å². The maximum atomic E-state index is 12.5. The normalized spacial score (nSPS) is 19.1. The SMILES string of the molecule is CCOC(=O)C1COCCN1CC(=O)Nc1cc2c(cc1OC)OCO2. The molecule has 26 heavy (non-hydrogen) atoms. The van der Waals surface area contributed by atoms with Gasteiger partial charge in [-0.2, -0.15) is 0 Å². The van der Waals surface area contributed by atoms with E-state index in [0.29, 0.717) is 36.1 Å². The van der Waals surface area contributed by atoms with Crippen LogP contribution in [0.15, 0.2) is 12.1 Å². The molecule has 0 aliphatic carbocycles. The number of fused-ring (bicyclic) bond motifs is 1. The number of amides is 1. The fourth-order valence-corrected chi connectivity index (χ4v) is 2.85. The highest BCUT2D eigenvalue weighted by molar-refractivity contribution is 5.94. The topological polar surface area (TPSA) is 95.6 Å². The number of hydrogen-bond acceptors (Lipinski definition) is 8. The molecule has 0 saturated carbocycles. The van der Waals surface area contributed by atoms with Crippen molar-refractivity contribution in [3.8, 4) is 17.2 Å². The van der Waals surface area contributed by atoms with Gasteiger partial charge in [-0.15, -0.1) is 0 Å². The van der Waals surface area contributed by atoms with Crippen LogP contribution in [-0.4, -0.2) is 69.6 Å². The molecule has 1 aromatic carbocycles. The van der Waals surface area contributed by atoms with Crippen LogP contribution in [0.1, 0.15) is 6.92 Å². The van der Waals surface area contributed by atoms with E-state index in [1.807, 2.05) is 0 Å². The van der Waals surface area contributed by atoms with E-state index >= 15 is 0 Å². The summed E-state index contributed by atoms with van der Waals surface area (Å²) < 4.78 is 26.3. The van der Waals surface area contributed by atoms with Crippen molar-refractivity contribution in [3.05, 3.63) is 12.1 Å². The van der Waals surface area contributed by atoms with Gasteiger partial charge in [-0.25, -0.2) is 0 Å². The zero-order chi connectivity index (χ0) is 18.5. The van der Waals surface area contributed by atoms with E-state index in [0.717, 1.165) is 0 Å². The average Bonchev–Trinajstić information content (AvgIpc) is 3.08. The summed E-state index contributed by atoms with van der Waals surface area (Å²) in [5.41, 5.74) is 0.475. The second kappa shape index (κ2) is 8.24. The number of nitrogens with zero attached hydrogens (tertiary/aromatic N) is 1. The second-order valence-electron chi connectivity index (χ2n) is 5.77. The summed E-state index contributed by atoms with van der Waals surface area (Å²) in [5.74, 6) is 0.901. The highest BCUT2D eigenvalue weighted by Crippen LogP contribution is 2.40. The molecule has 9 nitrogen and oxygen atoms in total. The molecule has 3 rings (SSSR count). The standard InChI is InChI=1S/C17H22N2O7/c1-3-24-17(21)12-9-23-5-4-19(12)8-16(20)18-11-6-14-15(26-10-25-14)7-13(11)22-2/h6-7,12H,3-5,8-10H2,1-2H3,(H,18,20). The number of benzene rings is 1. The Morgan fingerprint density at radius 3 is 2.81 bits per heavy atom. The summed E-state index contributed by atoms with van der Waals surface area (Å²) in [6.45, 7) is 3.31. The van der Waals surface area contributed by atoms with Crippen LogP contribution in [0, 0.1) is 0 Å². The predicted octanol–water partition coefficient (Wildman–Crippen LogP) is 0.626. The molecule has 142 valence electrons. The molecule has 1 atom stereocenters. The molecule has 2 aliphatic heterocycles. The van der Waals surface area contributed by atoms with Gasteiger partial charge in [0.25, 0.3) is 0 Å². The third-order valence-electron chi connectivity index (χ3n) is 4.11. The Morgan fingerprint density at radius 2 is 2.08 bits per heavy atom. The molecule has 2 aliphatic rings. The lowest BCUT2D eigenvalue weighted by atomic mass is 10.2. The third-order valence-corrected chi connectivity index (χ3v) is 4.11. The fraction of sp³-hybridized carbons (Fsp3) is 0.529. The number of esters is 1. The number of ether oxygens (including phenoxy) is 5. The highest BCUT2D eigenvalue weighted by atomic mass is 16.7. The van der Waals surface area contributed by atoms with Gasteiger partial charge in [0.1, 0.15) is 11.8 Å². The Kier molecular flexibility index (Phi) is 5.79. The number of carbonyl (C=O) groups excluding carboxylic acids is 2. The van der Waals surface area contributed by atoms with E-state index in [1.165, 1.54) is 7.11 Å². The van der Waals surface area contributed by atoms with E-state index in [2.05, 4.69) is 5.32 Å². The molecule has 1 fully saturated rings. The molecule has 0 spiro atoms. The minimum Gasteiger partial charge on any atom is -0.494 e. The van der Waals surface area contributed by atoms with E-state index < -0.39 is 6.04 Å². The molecule has 9 heteroatoms. The van der Waals surface area contributed by atoms with Crippen molar-refractivity contribution in [3.63, 3.8) is 0 Å². The monoisotopic (exact) mass is 366 g/mol. The fourth-order valence-electron chi connectivity index (χ4n) is 2.85. The summed E-state index contributed by atoms with van der Waals surface area (Å²) in [6, 6.07) is 2.73. The van der Waals surface area contributed by atoms with Gasteiger partial charge >= 0.3 is 5.97 Å². The lowest BCUT2D eigenvalue weighted by Crippen LogP contribution is -2.52. The third kappa shape index (κ3) is 4.00. The van der Waals surface area contributed by atoms with Crippen molar-refractivity contribution in [2.45, 2.75) is 13.0 Å². The van der Waals surface area contributed by atoms with Crippen LogP contribution in [0.3, 0.4) is 0 Å². The van der Waals surface area contributed by atoms with E-state index in [4.69, 9.17) is 23.7 Å². The zero-order valence-corrected chi connectivity index (χ0v) is 14.8. The average molecular weight is 366 g/mol. The van der Waals surface area contributed by atoms with Crippen LogP contribution in [-0.2, 0) is 19.1 Å². The first-order valence-electron chi connectivity index (χ1n) is 8.38. The van der Waals surface area contributed by atoms with E-state index in [1.54, 1.807) is 24.0 Å². The molecular weight excluding hydrogens is 344 g/mol. The summed E-state index contributed by atoms with van der Waals surface area (Å²) in [6.07, 6.45) is 0. The molecule has 0 radical (unpaired) electrons. The van der Waals surface area contributed by atoms with Crippen molar-refractivity contribution >= 4 is 17.6 Å². The van der Waals surface area contributed by atoms with Crippen molar-refractivity contribution in [1.82, 2.24) is 4.90 Å². The molecule has 2 heterocycles. The Balaban J connectivity index is 1.67. The lowest BCUT2D eigenvalue weighted by Gasteiger charge is -2.33. The minimum absolute atomic E-state index is 0.0322. The van der Waals surface area contributed by atoms with Crippen LogP contribution in [0.5, 0.6) is 17.2 Å². The minimum atomic E-state index is -0.590. The number of nitrogens with one attached hydrogen (secondary N) is 1. The zero-order valence-electron chi connectivity index (χ0n) is 14.8. The van der Waals surface area contributed by atoms with Crippen molar-refractivity contribution in [2.75, 3.05) is 52.1 Å². The number of hydrogen-bond donors (Lipinski definition) is 1. The molecule has 1 aromatic rings. The summed E-state index contributed by atoms with van der Waals surface area (Å²) in [4.78, 5) is 26.3. The Bertz CT molecular complexity index is 679. The van der Waals surface area contributed by atoms with Crippen LogP contribution in [0.2, 0.25) is 0 Å². The van der Waals surface area contributed by atoms with Gasteiger partial charge in [0, 0.05) is 18.7 Å². The van der Waals surface area contributed by atoms with Gasteiger partial charge in [-0.3, -0.25) is 14.5 Å². The number of morpholine rings is 1. The largest absolute Gasteiger partial charge is 0.494 e. The molecule has 0 aromatic heterocycles. The highest BCUT2D eigenvalue weighted by Gasteiger charge is 2.32. The first kappa shape index (κ1) is 18.3. The number of carbonyl (C=O) groups is 2. The molecule has 0 bridgehead atoms. The maximum absolute atomic E-state index is 12.5. The van der Waals surface area contributed by atoms with Gasteiger partial charge in [-0.1, -0.05) is 0 Å². The summed E-state index contributed by atoms with van der Waals surface area (Å²) in [5, 5.41) is 2.80. The van der Waals surface area contributed by atoms with Crippen molar-refractivity contribution < 1.29 is 33.3 Å². The number of rotatable bonds is 6. The van der Waals surface area contributed by atoms with Gasteiger partial charge < -0.3 is 29.0 Å². The van der Waals surface area contributed by atoms with Crippen LogP contribution >= 0.6 is 0 Å². The van der Waals surface area contributed by atoms with Crippen LogP contribution in [0.25, 0.3) is 0 Å². The van der Waals surface area contributed by atoms with E-state index in [9.17, 15) is 9.59 Å². The Morgan fingerprint density at radius 1 is 1.31 bits per heavy atom. The van der Waals surface area contributed by atoms with Gasteiger partial charge in [0.2, 0.25) is 12.7 Å². The predicted molar refractivity (Wildman–Crippen MR) is 90.6 cm³/mol. The number of anilines is 1. The molecule has 1 N–H and O–H groups in total. The number of methoxy groups -OCH3 is 1. The van der Waals surface area contributed by atoms with Gasteiger partial charge in [0.15, 0.2) is 11.5 Å². The summed E-state index contributed by atoms with van der Waals surface area (Å²) >= 11 is 0. The first-order chi connectivity index (χ1) is 12.6. The quantitative estimate of drug-likeness (QED) is 0.733. The van der Waals surface area contributed by atoms with Crippen LogP contribution in [0.4, 0.5) is 5.69 Å². The van der Waals surface area contributed by atoms with Crippen LogP contribution < -0.4 is 19.5 Å². The van der Waals surface area contributed by atoms with Crippen molar-refractivity contribution in [2.24, 2.45) is 0 Å². The molecular formula is C17H22N2O7. The lowest BCUT2D eigenvalue weighted by molar-refractivity contribution is -0.156. The van der Waals surface area contributed by atoms with Gasteiger partial charge in [0.05, 0.1) is 39.2 Å². The Labute approximate surface area is 151 Å². The maximum Gasteiger partial charge on any atom is 0.325 e.